The highest BCUT2D eigenvalue weighted by atomic mass is 32.2. The Morgan fingerprint density at radius 1 is 1.03 bits per heavy atom. The van der Waals surface area contributed by atoms with Crippen LogP contribution in [0.4, 0.5) is 0 Å². The molecular formula is C25H32N4OS. The molecule has 0 aliphatic carbocycles. The summed E-state index contributed by atoms with van der Waals surface area (Å²) in [5, 5.41) is 12.9. The molecule has 0 saturated carbocycles. The molecule has 1 N–H and O–H groups in total. The second kappa shape index (κ2) is 11.7. The Kier molecular flexibility index (Phi) is 8.71. The van der Waals surface area contributed by atoms with Crippen LogP contribution in [-0.4, -0.2) is 33.0 Å². The number of thioether (sulfide) groups is 1. The molecule has 1 heterocycles. The number of unbranched alkanes of at least 4 members (excludes halogenated alkanes) is 1. The first kappa shape index (κ1) is 23.1. The van der Waals surface area contributed by atoms with Crippen molar-refractivity contribution in [1.82, 2.24) is 20.1 Å². The molecule has 0 atom stereocenters. The van der Waals surface area contributed by atoms with E-state index in [9.17, 15) is 4.79 Å². The topological polar surface area (TPSA) is 59.8 Å². The Morgan fingerprint density at radius 3 is 2.52 bits per heavy atom. The molecule has 0 bridgehead atoms. The fourth-order valence-electron chi connectivity index (χ4n) is 3.30. The van der Waals surface area contributed by atoms with Crippen molar-refractivity contribution < 1.29 is 4.79 Å². The lowest BCUT2D eigenvalue weighted by atomic mass is 10.1. The first-order valence-corrected chi connectivity index (χ1v) is 12.0. The Balaban J connectivity index is 1.65. The van der Waals surface area contributed by atoms with Gasteiger partial charge in [0.25, 0.3) is 0 Å². The van der Waals surface area contributed by atoms with Crippen molar-refractivity contribution in [2.24, 2.45) is 5.92 Å². The lowest BCUT2D eigenvalue weighted by Gasteiger charge is -2.13. The van der Waals surface area contributed by atoms with E-state index in [2.05, 4.69) is 89.4 Å². The van der Waals surface area contributed by atoms with Gasteiger partial charge in [-0.2, -0.15) is 0 Å². The average Bonchev–Trinajstić information content (AvgIpc) is 3.15. The van der Waals surface area contributed by atoms with Gasteiger partial charge in [-0.25, -0.2) is 0 Å². The van der Waals surface area contributed by atoms with E-state index < -0.39 is 0 Å². The fourth-order valence-corrected chi connectivity index (χ4v) is 4.26. The second-order valence-corrected chi connectivity index (χ2v) is 9.25. The third-order valence-electron chi connectivity index (χ3n) is 5.00. The van der Waals surface area contributed by atoms with Crippen molar-refractivity contribution in [1.29, 1.82) is 0 Å². The number of nitrogens with one attached hydrogen (secondary N) is 1. The predicted octanol–water partition coefficient (Wildman–Crippen LogP) is 5.20. The van der Waals surface area contributed by atoms with Gasteiger partial charge in [0.05, 0.1) is 5.69 Å². The third kappa shape index (κ3) is 6.96. The number of nitrogens with zero attached hydrogens (tertiary/aromatic N) is 3. The lowest BCUT2D eigenvalue weighted by molar-refractivity contribution is -0.121. The van der Waals surface area contributed by atoms with E-state index in [1.807, 2.05) is 6.07 Å². The van der Waals surface area contributed by atoms with Gasteiger partial charge in [0.1, 0.15) is 5.82 Å². The summed E-state index contributed by atoms with van der Waals surface area (Å²) in [5.41, 5.74) is 3.53. The number of amides is 1. The normalized spacial score (nSPS) is 11.1. The van der Waals surface area contributed by atoms with Crippen molar-refractivity contribution in [3.8, 4) is 5.69 Å². The maximum Gasteiger partial charge on any atom is 0.220 e. The first-order chi connectivity index (χ1) is 15.0. The molecule has 1 amide bonds. The SMILES string of the molecule is Cc1ccccc1-n1c(Cc2ccccc2)nnc1SCCCCC(=O)NCC(C)C. The summed E-state index contributed by atoms with van der Waals surface area (Å²) in [5.74, 6) is 2.48. The Morgan fingerprint density at radius 2 is 1.77 bits per heavy atom. The van der Waals surface area contributed by atoms with Crippen LogP contribution in [0.1, 0.15) is 50.1 Å². The molecule has 0 radical (unpaired) electrons. The minimum Gasteiger partial charge on any atom is -0.356 e. The van der Waals surface area contributed by atoms with Crippen molar-refractivity contribution >= 4 is 17.7 Å². The predicted molar refractivity (Wildman–Crippen MR) is 128 cm³/mol. The number of rotatable bonds is 11. The molecule has 3 aromatic rings. The molecule has 0 unspecified atom stereocenters. The maximum absolute atomic E-state index is 11.9. The van der Waals surface area contributed by atoms with E-state index in [0.29, 0.717) is 12.3 Å². The minimum absolute atomic E-state index is 0.145. The van der Waals surface area contributed by atoms with Crippen LogP contribution in [0.3, 0.4) is 0 Å². The number of hydrogen-bond acceptors (Lipinski definition) is 4. The van der Waals surface area contributed by atoms with E-state index in [1.54, 1.807) is 11.8 Å². The number of benzene rings is 2. The van der Waals surface area contributed by atoms with Gasteiger partial charge in [0, 0.05) is 25.1 Å². The van der Waals surface area contributed by atoms with Crippen LogP contribution in [0.25, 0.3) is 5.69 Å². The van der Waals surface area contributed by atoms with Crippen LogP contribution in [-0.2, 0) is 11.2 Å². The summed E-state index contributed by atoms with van der Waals surface area (Å²) in [6, 6.07) is 18.7. The Labute approximate surface area is 189 Å². The van der Waals surface area contributed by atoms with E-state index in [4.69, 9.17) is 0 Å². The summed E-state index contributed by atoms with van der Waals surface area (Å²) in [6.45, 7) is 7.07. The highest BCUT2D eigenvalue weighted by Crippen LogP contribution is 2.26. The van der Waals surface area contributed by atoms with Crippen LogP contribution in [0.15, 0.2) is 59.8 Å². The zero-order valence-electron chi connectivity index (χ0n) is 18.7. The van der Waals surface area contributed by atoms with E-state index >= 15 is 0 Å². The van der Waals surface area contributed by atoms with E-state index in [0.717, 1.165) is 48.2 Å². The van der Waals surface area contributed by atoms with Crippen molar-refractivity contribution in [3.05, 3.63) is 71.5 Å². The minimum atomic E-state index is 0.145. The number of aryl methyl sites for hydroxylation is 1. The molecule has 0 aliphatic rings. The van der Waals surface area contributed by atoms with Gasteiger partial charge in [-0.15, -0.1) is 10.2 Å². The molecule has 1 aromatic heterocycles. The number of carbonyl (C=O) groups is 1. The molecule has 2 aromatic carbocycles. The maximum atomic E-state index is 11.9. The second-order valence-electron chi connectivity index (χ2n) is 8.19. The highest BCUT2D eigenvalue weighted by molar-refractivity contribution is 7.99. The van der Waals surface area contributed by atoms with Gasteiger partial charge >= 0.3 is 0 Å². The van der Waals surface area contributed by atoms with Crippen LogP contribution in [0.2, 0.25) is 0 Å². The summed E-state index contributed by atoms with van der Waals surface area (Å²) < 4.78 is 2.18. The summed E-state index contributed by atoms with van der Waals surface area (Å²) in [6.07, 6.45) is 3.16. The molecule has 31 heavy (non-hydrogen) atoms. The third-order valence-corrected chi connectivity index (χ3v) is 6.01. The molecule has 6 heteroatoms. The molecule has 0 saturated heterocycles. The summed E-state index contributed by atoms with van der Waals surface area (Å²) in [4.78, 5) is 11.9. The van der Waals surface area contributed by atoms with Crippen molar-refractivity contribution in [2.75, 3.05) is 12.3 Å². The monoisotopic (exact) mass is 436 g/mol. The highest BCUT2D eigenvalue weighted by Gasteiger charge is 2.16. The molecular weight excluding hydrogens is 404 g/mol. The molecule has 0 aliphatic heterocycles. The van der Waals surface area contributed by atoms with Gasteiger partial charge in [0.15, 0.2) is 5.16 Å². The largest absolute Gasteiger partial charge is 0.356 e. The standard InChI is InChI=1S/C25H32N4OS/c1-19(2)18-26-24(30)15-9-10-16-31-25-28-27-23(17-21-12-5-4-6-13-21)29(25)22-14-8-7-11-20(22)3/h4-8,11-14,19H,9-10,15-18H2,1-3H3,(H,26,30). The Hall–Kier alpha value is -2.60. The average molecular weight is 437 g/mol. The number of carbonyl (C=O) groups excluding carboxylic acids is 1. The smallest absolute Gasteiger partial charge is 0.220 e. The fraction of sp³-hybridized carbons (Fsp3) is 0.400. The number of aromatic nitrogens is 3. The van der Waals surface area contributed by atoms with Crippen LogP contribution in [0, 0.1) is 12.8 Å². The lowest BCUT2D eigenvalue weighted by Crippen LogP contribution is -2.26. The van der Waals surface area contributed by atoms with Gasteiger partial charge in [-0.1, -0.05) is 74.1 Å². The molecule has 0 spiro atoms. The first-order valence-electron chi connectivity index (χ1n) is 11.0. The van der Waals surface area contributed by atoms with Crippen LogP contribution < -0.4 is 5.32 Å². The van der Waals surface area contributed by atoms with Crippen LogP contribution in [0.5, 0.6) is 0 Å². The zero-order valence-corrected chi connectivity index (χ0v) is 19.5. The summed E-state index contributed by atoms with van der Waals surface area (Å²) >= 11 is 1.71. The van der Waals surface area contributed by atoms with Gasteiger partial charge < -0.3 is 5.32 Å². The molecule has 3 rings (SSSR count). The molecule has 5 nitrogen and oxygen atoms in total. The van der Waals surface area contributed by atoms with Crippen molar-refractivity contribution in [3.63, 3.8) is 0 Å². The molecule has 164 valence electrons. The Bertz CT molecular complexity index is 969. The number of para-hydroxylation sites is 1. The quantitative estimate of drug-likeness (QED) is 0.331. The van der Waals surface area contributed by atoms with E-state index in [-0.39, 0.29) is 5.91 Å². The van der Waals surface area contributed by atoms with Gasteiger partial charge in [-0.05, 0) is 42.9 Å². The van der Waals surface area contributed by atoms with Crippen molar-refractivity contribution in [2.45, 2.75) is 51.6 Å². The summed E-state index contributed by atoms with van der Waals surface area (Å²) in [7, 11) is 0. The molecule has 0 fully saturated rings. The zero-order chi connectivity index (χ0) is 22.1. The number of hydrogen-bond donors (Lipinski definition) is 1. The van der Waals surface area contributed by atoms with E-state index in [1.165, 1.54) is 11.1 Å². The van der Waals surface area contributed by atoms with Gasteiger partial charge in [0.2, 0.25) is 5.91 Å². The van der Waals surface area contributed by atoms with Crippen LogP contribution >= 0.6 is 11.8 Å². The van der Waals surface area contributed by atoms with Gasteiger partial charge in [-0.3, -0.25) is 9.36 Å².